The van der Waals surface area contributed by atoms with Gasteiger partial charge in [0.25, 0.3) is 0 Å². The molecule has 1 aromatic heterocycles. The quantitative estimate of drug-likeness (QED) is 0.764. The van der Waals surface area contributed by atoms with Crippen LogP contribution in [0.4, 0.5) is 4.39 Å². The average molecular weight is 303 g/mol. The standard InChI is InChI=1S/C17H16ClFN2/c1-20-10-12-5-6-17-13(9-12)7-8-21(17)11-14-15(18)3-2-4-16(14)19/h2-9,20H,10-11H2,1H3. The second kappa shape index (κ2) is 5.88. The van der Waals surface area contributed by atoms with Crippen LogP contribution in [0.25, 0.3) is 10.9 Å². The van der Waals surface area contributed by atoms with Crippen molar-refractivity contribution in [3.63, 3.8) is 0 Å². The van der Waals surface area contributed by atoms with E-state index in [1.807, 2.05) is 23.9 Å². The summed E-state index contributed by atoms with van der Waals surface area (Å²) in [6, 6.07) is 13.1. The normalized spacial score (nSPS) is 11.2. The van der Waals surface area contributed by atoms with Crippen molar-refractivity contribution in [1.82, 2.24) is 9.88 Å². The molecule has 0 aliphatic carbocycles. The summed E-state index contributed by atoms with van der Waals surface area (Å²) >= 11 is 6.10. The highest BCUT2D eigenvalue weighted by Gasteiger charge is 2.09. The molecule has 2 aromatic carbocycles. The molecule has 3 rings (SSSR count). The fourth-order valence-corrected chi connectivity index (χ4v) is 2.78. The van der Waals surface area contributed by atoms with E-state index in [1.54, 1.807) is 12.1 Å². The number of nitrogens with one attached hydrogen (secondary N) is 1. The van der Waals surface area contributed by atoms with Gasteiger partial charge in [0.2, 0.25) is 0 Å². The Labute approximate surface area is 128 Å². The lowest BCUT2D eigenvalue weighted by Crippen LogP contribution is -2.05. The zero-order valence-electron chi connectivity index (χ0n) is 11.7. The van der Waals surface area contributed by atoms with Gasteiger partial charge in [0.15, 0.2) is 0 Å². The van der Waals surface area contributed by atoms with Gasteiger partial charge in [0, 0.05) is 28.8 Å². The van der Waals surface area contributed by atoms with E-state index in [0.717, 1.165) is 17.4 Å². The topological polar surface area (TPSA) is 17.0 Å². The van der Waals surface area contributed by atoms with Crippen LogP contribution in [-0.2, 0) is 13.1 Å². The number of benzene rings is 2. The minimum absolute atomic E-state index is 0.267. The second-order valence-corrected chi connectivity index (χ2v) is 5.47. The van der Waals surface area contributed by atoms with Crippen LogP contribution in [-0.4, -0.2) is 11.6 Å². The molecule has 0 radical (unpaired) electrons. The van der Waals surface area contributed by atoms with E-state index in [1.165, 1.54) is 11.6 Å². The summed E-state index contributed by atoms with van der Waals surface area (Å²) in [5.41, 5.74) is 2.83. The Bertz CT molecular complexity index is 759. The number of halogens is 2. The third kappa shape index (κ3) is 2.80. The zero-order chi connectivity index (χ0) is 14.8. The number of aromatic nitrogens is 1. The Morgan fingerprint density at radius 2 is 2.05 bits per heavy atom. The number of nitrogens with zero attached hydrogens (tertiary/aromatic N) is 1. The van der Waals surface area contributed by atoms with Gasteiger partial charge in [0.1, 0.15) is 5.82 Å². The highest BCUT2D eigenvalue weighted by molar-refractivity contribution is 6.31. The molecule has 0 amide bonds. The average Bonchev–Trinajstić information content (AvgIpc) is 2.86. The van der Waals surface area contributed by atoms with Gasteiger partial charge >= 0.3 is 0 Å². The maximum absolute atomic E-state index is 13.9. The molecular weight excluding hydrogens is 287 g/mol. The Balaban J connectivity index is 1.98. The maximum Gasteiger partial charge on any atom is 0.129 e. The van der Waals surface area contributed by atoms with Crippen LogP contribution in [0.1, 0.15) is 11.1 Å². The van der Waals surface area contributed by atoms with Crippen molar-refractivity contribution in [2.45, 2.75) is 13.1 Å². The molecule has 0 fully saturated rings. The summed E-state index contributed by atoms with van der Waals surface area (Å²) in [6.07, 6.45) is 1.97. The van der Waals surface area contributed by atoms with Gasteiger partial charge in [-0.3, -0.25) is 0 Å². The molecule has 3 aromatic rings. The minimum Gasteiger partial charge on any atom is -0.343 e. The number of hydrogen-bond acceptors (Lipinski definition) is 1. The molecule has 0 atom stereocenters. The number of fused-ring (bicyclic) bond motifs is 1. The summed E-state index contributed by atoms with van der Waals surface area (Å²) in [7, 11) is 1.93. The molecule has 0 unspecified atom stereocenters. The molecule has 1 N–H and O–H groups in total. The first-order chi connectivity index (χ1) is 10.2. The monoisotopic (exact) mass is 302 g/mol. The Kier molecular flexibility index (Phi) is 3.95. The van der Waals surface area contributed by atoms with Crippen molar-refractivity contribution >= 4 is 22.5 Å². The largest absolute Gasteiger partial charge is 0.343 e. The molecule has 1 heterocycles. The maximum atomic E-state index is 13.9. The third-order valence-electron chi connectivity index (χ3n) is 3.61. The van der Waals surface area contributed by atoms with Crippen LogP contribution < -0.4 is 5.32 Å². The second-order valence-electron chi connectivity index (χ2n) is 5.07. The molecule has 21 heavy (non-hydrogen) atoms. The SMILES string of the molecule is CNCc1ccc2c(ccn2Cc2c(F)cccc2Cl)c1. The van der Waals surface area contributed by atoms with Gasteiger partial charge in [-0.15, -0.1) is 0 Å². The van der Waals surface area contributed by atoms with E-state index in [2.05, 4.69) is 23.5 Å². The van der Waals surface area contributed by atoms with Crippen LogP contribution in [0.15, 0.2) is 48.7 Å². The van der Waals surface area contributed by atoms with E-state index in [4.69, 9.17) is 11.6 Å². The van der Waals surface area contributed by atoms with E-state index < -0.39 is 0 Å². The molecule has 0 spiro atoms. The number of hydrogen-bond donors (Lipinski definition) is 1. The smallest absolute Gasteiger partial charge is 0.129 e. The van der Waals surface area contributed by atoms with Crippen molar-refractivity contribution < 1.29 is 4.39 Å². The first-order valence-electron chi connectivity index (χ1n) is 6.84. The van der Waals surface area contributed by atoms with Crippen molar-refractivity contribution in [2.24, 2.45) is 0 Å². The van der Waals surface area contributed by atoms with E-state index in [0.29, 0.717) is 17.1 Å². The number of rotatable bonds is 4. The lowest BCUT2D eigenvalue weighted by molar-refractivity contribution is 0.602. The van der Waals surface area contributed by atoms with Crippen molar-refractivity contribution in [2.75, 3.05) is 7.05 Å². The summed E-state index contributed by atoms with van der Waals surface area (Å²) in [5.74, 6) is -0.267. The summed E-state index contributed by atoms with van der Waals surface area (Å²) in [6.45, 7) is 1.26. The van der Waals surface area contributed by atoms with Gasteiger partial charge < -0.3 is 9.88 Å². The summed E-state index contributed by atoms with van der Waals surface area (Å²) in [5, 5.41) is 4.75. The van der Waals surface area contributed by atoms with Crippen LogP contribution in [0.5, 0.6) is 0 Å². The van der Waals surface area contributed by atoms with Crippen LogP contribution in [0.2, 0.25) is 5.02 Å². The van der Waals surface area contributed by atoms with Gasteiger partial charge in [-0.1, -0.05) is 23.7 Å². The molecule has 0 saturated heterocycles. The predicted molar refractivity (Wildman–Crippen MR) is 85.2 cm³/mol. The highest BCUT2D eigenvalue weighted by atomic mass is 35.5. The fraction of sp³-hybridized carbons (Fsp3) is 0.176. The summed E-state index contributed by atoms with van der Waals surface area (Å²) in [4.78, 5) is 0. The van der Waals surface area contributed by atoms with Crippen molar-refractivity contribution in [3.8, 4) is 0 Å². The summed E-state index contributed by atoms with van der Waals surface area (Å²) < 4.78 is 15.9. The van der Waals surface area contributed by atoms with Gasteiger partial charge in [-0.05, 0) is 48.3 Å². The molecule has 0 bridgehead atoms. The predicted octanol–water partition coefficient (Wildman–Crippen LogP) is 4.20. The van der Waals surface area contributed by atoms with Crippen molar-refractivity contribution in [3.05, 3.63) is 70.6 Å². The van der Waals surface area contributed by atoms with Gasteiger partial charge in [-0.25, -0.2) is 4.39 Å². The zero-order valence-corrected chi connectivity index (χ0v) is 12.5. The van der Waals surface area contributed by atoms with Gasteiger partial charge in [0.05, 0.1) is 6.54 Å². The van der Waals surface area contributed by atoms with E-state index in [-0.39, 0.29) is 5.82 Å². The molecule has 4 heteroatoms. The first-order valence-corrected chi connectivity index (χ1v) is 7.22. The fourth-order valence-electron chi connectivity index (χ4n) is 2.56. The molecular formula is C17H16ClFN2. The Morgan fingerprint density at radius 1 is 1.19 bits per heavy atom. The highest BCUT2D eigenvalue weighted by Crippen LogP contribution is 2.23. The van der Waals surface area contributed by atoms with Crippen LogP contribution in [0, 0.1) is 5.82 Å². The lowest BCUT2D eigenvalue weighted by Gasteiger charge is -2.09. The Morgan fingerprint density at radius 3 is 2.81 bits per heavy atom. The lowest BCUT2D eigenvalue weighted by atomic mass is 10.1. The first kappa shape index (κ1) is 14.1. The van der Waals surface area contributed by atoms with Crippen LogP contribution in [0.3, 0.4) is 0 Å². The van der Waals surface area contributed by atoms with E-state index >= 15 is 0 Å². The molecule has 2 nitrogen and oxygen atoms in total. The van der Waals surface area contributed by atoms with Crippen LogP contribution >= 0.6 is 11.6 Å². The molecule has 108 valence electrons. The molecule has 0 aliphatic heterocycles. The Hall–Kier alpha value is -1.84. The van der Waals surface area contributed by atoms with E-state index in [9.17, 15) is 4.39 Å². The molecule has 0 aliphatic rings. The molecule has 0 saturated carbocycles. The third-order valence-corrected chi connectivity index (χ3v) is 3.96. The van der Waals surface area contributed by atoms with Gasteiger partial charge in [-0.2, -0.15) is 0 Å². The minimum atomic E-state index is -0.267. The van der Waals surface area contributed by atoms with Crippen molar-refractivity contribution in [1.29, 1.82) is 0 Å².